The molecule has 0 saturated heterocycles. The molecule has 28 nitrogen and oxygen atoms in total. The largest absolute Gasteiger partial charge is 0.354 e. The fraction of sp³-hybridized carbons (Fsp3) is 0.115. The predicted octanol–water partition coefficient (Wildman–Crippen LogP) is 15.0. The lowest BCUT2D eigenvalue weighted by atomic mass is 10.0. The minimum absolute atomic E-state index is 0.121. The van der Waals surface area contributed by atoms with Crippen molar-refractivity contribution in [2.24, 2.45) is 0 Å². The molecule has 13 heterocycles. The predicted molar refractivity (Wildman–Crippen MR) is 508 cm³/mol. The maximum absolute atomic E-state index is 14.0. The Balaban J connectivity index is 0.696. The number of rotatable bonds is 28. The molecule has 8 amide bonds. The molecule has 0 fully saturated rings. The summed E-state index contributed by atoms with van der Waals surface area (Å²) in [5.41, 5.74) is 21.8. The highest BCUT2D eigenvalue weighted by atomic mass is 16.2. The standard InChI is InChI=1S/C104H86N20O8/c1-61-29-37-105-85(53-61)89-57-73(33-41-109-89)101(129)117-49-45-113-97(125)69-13-5-65(6-14-69)93-77-21-23-79(121-77)94(66-7-15-70(16-8-66)98(126)114-46-50-118-102(130)74-34-42-110-90(58-74)86-54-62(2)30-38-106-86)81-25-27-83(123-81)96(68-11-19-72(20-12-68)100(128)116-48-52-120-104(132)76-36-44-112-92(60-76)88-56-64(4)32-40-108-88)84-28-26-82(124-84)95(80-24-22-78(93)122-80)67-9-17-71(18-10-67)99(127)115-47-51-119-103(131)75-35-43-111-91(59-75)87-55-63(3)31-39-107-87/h5-44,53-60,121,124H,45-52H2,1-4H3,(H,113,125)(H,114,126)(H,115,127)(H,116,128)(H,117,129)(H,118,130)(H,119,131)(H,120,132). The van der Waals surface area contributed by atoms with Crippen LogP contribution in [0.15, 0.2) is 268 Å². The number of carbonyl (C=O) groups excluding carboxylic acids is 8. The molecule has 650 valence electrons. The number of aryl methyl sites for hydroxylation is 4. The SMILES string of the molecule is Cc1ccnc(-c2cc(C(=O)NCCNC(=O)c3ccc(-c4c5nc(c(-c6ccc(C(=O)NCCNC(=O)c7ccnc(-c8cc(C)ccn8)c7)cc6)c6ccc([nH]6)c(-c6ccc(C(=O)NCCNC(=O)c7ccnc(-c8cc(C)ccn8)c7)cc6)c6nc(c(-c7ccc(C(=O)NCCNC(=O)c8ccnc(-c9cc(C)ccn9)c8)cc7)c7ccc4[nH]7)C=C6)C=C5)cc3)ccn2)c1. The molecule has 2 aliphatic heterocycles. The fourth-order valence-electron chi connectivity index (χ4n) is 15.4. The Morgan fingerprint density at radius 1 is 0.212 bits per heavy atom. The van der Waals surface area contributed by atoms with Crippen molar-refractivity contribution in [2.75, 3.05) is 52.4 Å². The molecule has 15 aromatic rings. The summed E-state index contributed by atoms with van der Waals surface area (Å²) in [6.45, 7) is 8.84. The van der Waals surface area contributed by atoms with E-state index in [2.05, 4.69) is 92.4 Å². The summed E-state index contributed by atoms with van der Waals surface area (Å²) in [4.78, 5) is 164. The van der Waals surface area contributed by atoms with E-state index in [-0.39, 0.29) is 99.6 Å². The summed E-state index contributed by atoms with van der Waals surface area (Å²) in [7, 11) is 0. The van der Waals surface area contributed by atoms with Gasteiger partial charge < -0.3 is 52.5 Å². The van der Waals surface area contributed by atoms with Gasteiger partial charge in [0.15, 0.2) is 0 Å². The number of benzene rings is 4. The van der Waals surface area contributed by atoms with E-state index in [0.717, 1.165) is 22.3 Å². The van der Waals surface area contributed by atoms with Crippen LogP contribution < -0.4 is 42.5 Å². The number of hydrogen-bond acceptors (Lipinski definition) is 18. The molecule has 0 spiro atoms. The van der Waals surface area contributed by atoms with Crippen LogP contribution in [0, 0.1) is 27.7 Å². The maximum atomic E-state index is 14.0. The molecule has 28 heteroatoms. The molecular formula is C104H86N20O8. The van der Waals surface area contributed by atoms with Crippen molar-refractivity contribution < 1.29 is 38.4 Å². The summed E-state index contributed by atoms with van der Waals surface area (Å²) in [6, 6.07) is 64.7. The van der Waals surface area contributed by atoms with Crippen LogP contribution in [0.2, 0.25) is 0 Å². The van der Waals surface area contributed by atoms with Gasteiger partial charge in [0.1, 0.15) is 0 Å². The van der Waals surface area contributed by atoms with Gasteiger partial charge in [0.2, 0.25) is 0 Å². The minimum atomic E-state index is -0.373. The van der Waals surface area contributed by atoms with Gasteiger partial charge in [-0.05, 0) is 266 Å². The monoisotopic (exact) mass is 1740 g/mol. The third-order valence-corrected chi connectivity index (χ3v) is 22.1. The van der Waals surface area contributed by atoms with Crippen LogP contribution in [0.1, 0.15) is 128 Å². The zero-order valence-electron chi connectivity index (χ0n) is 72.1. The molecule has 2 aliphatic rings. The average Bonchev–Trinajstić information content (AvgIpc) is 1.61. The fourth-order valence-corrected chi connectivity index (χ4v) is 15.4. The molecular weight excluding hydrogens is 1660 g/mol. The number of nitrogens with one attached hydrogen (secondary N) is 10. The van der Waals surface area contributed by atoms with E-state index in [1.165, 1.54) is 0 Å². The van der Waals surface area contributed by atoms with E-state index in [4.69, 9.17) is 9.97 Å². The zero-order valence-corrected chi connectivity index (χ0v) is 72.1. The summed E-state index contributed by atoms with van der Waals surface area (Å²) in [6.07, 6.45) is 20.7. The molecule has 8 bridgehead atoms. The van der Waals surface area contributed by atoms with Crippen molar-refractivity contribution >= 4 is 93.6 Å². The zero-order chi connectivity index (χ0) is 91.1. The Morgan fingerprint density at radius 3 is 0.576 bits per heavy atom. The maximum Gasteiger partial charge on any atom is 0.251 e. The number of hydrogen-bond donors (Lipinski definition) is 10. The first-order valence-corrected chi connectivity index (χ1v) is 42.7. The summed E-state index contributed by atoms with van der Waals surface area (Å²) in [5, 5.41) is 23.4. The van der Waals surface area contributed by atoms with Crippen molar-refractivity contribution in [3.63, 3.8) is 0 Å². The molecule has 132 heavy (non-hydrogen) atoms. The number of H-pyrrole nitrogens is 2. The number of fused-ring (bicyclic) bond motifs is 8. The van der Waals surface area contributed by atoms with E-state index >= 15 is 0 Å². The van der Waals surface area contributed by atoms with Gasteiger partial charge in [-0.25, -0.2) is 9.97 Å². The quantitative estimate of drug-likeness (QED) is 0.0204. The second-order valence-corrected chi connectivity index (χ2v) is 31.5. The van der Waals surface area contributed by atoms with Crippen molar-refractivity contribution in [1.29, 1.82) is 0 Å². The van der Waals surface area contributed by atoms with E-state index < -0.39 is 0 Å². The number of carbonyl (C=O) groups is 8. The van der Waals surface area contributed by atoms with E-state index in [0.29, 0.717) is 179 Å². The Kier molecular flexibility index (Phi) is 25.9. The average molecular weight is 1740 g/mol. The van der Waals surface area contributed by atoms with Crippen molar-refractivity contribution in [3.05, 3.63) is 358 Å². The van der Waals surface area contributed by atoms with Gasteiger partial charge in [-0.1, -0.05) is 48.5 Å². The molecule has 0 aliphatic carbocycles. The van der Waals surface area contributed by atoms with Gasteiger partial charge in [-0.15, -0.1) is 0 Å². The molecule has 0 atom stereocenters. The van der Waals surface area contributed by atoms with Gasteiger partial charge in [-0.2, -0.15) is 0 Å². The second kappa shape index (κ2) is 39.5. The van der Waals surface area contributed by atoms with Gasteiger partial charge in [0, 0.05) is 191 Å². The van der Waals surface area contributed by atoms with Gasteiger partial charge >= 0.3 is 0 Å². The number of aromatic amines is 2. The van der Waals surface area contributed by atoms with Crippen LogP contribution in [0.25, 0.3) is 136 Å². The van der Waals surface area contributed by atoms with Crippen LogP contribution in [0.5, 0.6) is 0 Å². The lowest BCUT2D eigenvalue weighted by Crippen LogP contribution is -2.34. The van der Waals surface area contributed by atoms with Gasteiger partial charge in [0.05, 0.1) is 68.3 Å². The molecule has 0 radical (unpaired) electrons. The van der Waals surface area contributed by atoms with Crippen LogP contribution in [-0.2, 0) is 0 Å². The number of amides is 8. The Bertz CT molecular complexity index is 6420. The molecule has 0 unspecified atom stereocenters. The van der Waals surface area contributed by atoms with E-state index in [1.807, 2.05) is 173 Å². The highest BCUT2D eigenvalue weighted by Gasteiger charge is 2.24. The van der Waals surface area contributed by atoms with Crippen molar-refractivity contribution in [3.8, 4) is 90.1 Å². The van der Waals surface area contributed by atoms with Crippen LogP contribution in [-0.4, -0.2) is 159 Å². The molecule has 11 aromatic heterocycles. The highest BCUT2D eigenvalue weighted by Crippen LogP contribution is 2.40. The number of nitrogens with zero attached hydrogens (tertiary/aromatic N) is 10. The summed E-state index contributed by atoms with van der Waals surface area (Å²) >= 11 is 0. The molecule has 4 aromatic carbocycles. The van der Waals surface area contributed by atoms with Gasteiger partial charge in [-0.3, -0.25) is 78.2 Å². The lowest BCUT2D eigenvalue weighted by Gasteiger charge is -2.10. The Labute approximate surface area is 757 Å². The van der Waals surface area contributed by atoms with E-state index in [9.17, 15) is 38.4 Å². The molecule has 0 saturated carbocycles. The Morgan fingerprint density at radius 2 is 0.386 bits per heavy atom. The van der Waals surface area contributed by atoms with Crippen LogP contribution >= 0.6 is 0 Å². The van der Waals surface area contributed by atoms with Crippen molar-refractivity contribution in [1.82, 2.24) is 102 Å². The smallest absolute Gasteiger partial charge is 0.251 e. The normalized spacial score (nSPS) is 11.3. The summed E-state index contributed by atoms with van der Waals surface area (Å²) < 4.78 is 0. The molecule has 10 N–H and O–H groups in total. The second-order valence-electron chi connectivity index (χ2n) is 31.5. The van der Waals surface area contributed by atoms with Crippen LogP contribution in [0.4, 0.5) is 0 Å². The number of pyridine rings is 8. The minimum Gasteiger partial charge on any atom is -0.354 e. The first-order chi connectivity index (χ1) is 64.3. The first-order valence-electron chi connectivity index (χ1n) is 42.7. The Hall–Kier alpha value is -17.6. The highest BCUT2D eigenvalue weighted by molar-refractivity contribution is 6.04. The first kappa shape index (κ1) is 86.6. The third-order valence-electron chi connectivity index (χ3n) is 22.1. The lowest BCUT2D eigenvalue weighted by molar-refractivity contribution is 0.0927. The topological polar surface area (TPSA) is 393 Å². The van der Waals surface area contributed by atoms with Gasteiger partial charge in [0.25, 0.3) is 47.3 Å². The summed E-state index contributed by atoms with van der Waals surface area (Å²) in [5.74, 6) is -2.85. The molecule has 17 rings (SSSR count). The number of aromatic nitrogens is 12. The third kappa shape index (κ3) is 20.3. The van der Waals surface area contributed by atoms with E-state index in [1.54, 1.807) is 147 Å². The van der Waals surface area contributed by atoms with Crippen LogP contribution in [0.3, 0.4) is 0 Å². The van der Waals surface area contributed by atoms with Crippen molar-refractivity contribution in [2.45, 2.75) is 27.7 Å².